The third-order valence-electron chi connectivity index (χ3n) is 3.86. The maximum Gasteiger partial charge on any atom is 0.311 e. The van der Waals surface area contributed by atoms with Gasteiger partial charge in [-0.15, -0.1) is 0 Å². The number of nitro benzene ring substituents is 1. The van der Waals surface area contributed by atoms with E-state index in [2.05, 4.69) is 16.0 Å². The fraction of sp³-hybridized carbons (Fsp3) is 0.0556. The van der Waals surface area contributed by atoms with Crippen molar-refractivity contribution in [2.24, 2.45) is 0 Å². The van der Waals surface area contributed by atoms with Crippen LogP contribution >= 0.6 is 0 Å². The molecule has 3 N–H and O–H groups in total. The topological polar surface area (TPSA) is 149 Å². The molecular formula is C18H15N5O6. The molecule has 0 spiro atoms. The summed E-state index contributed by atoms with van der Waals surface area (Å²) in [5.74, 6) is -2.06. The van der Waals surface area contributed by atoms with Crippen LogP contribution in [0.15, 0.2) is 54.7 Å². The van der Waals surface area contributed by atoms with Crippen LogP contribution in [0.3, 0.4) is 0 Å². The number of hydrogen-bond donors (Lipinski definition) is 3. The molecule has 1 aromatic heterocycles. The molecule has 0 bridgehead atoms. The number of methoxy groups -OCH3 is 1. The van der Waals surface area contributed by atoms with Crippen molar-refractivity contribution in [3.63, 3.8) is 0 Å². The van der Waals surface area contributed by atoms with Gasteiger partial charge in [-0.3, -0.25) is 30.6 Å². The van der Waals surface area contributed by atoms with Crippen LogP contribution in [-0.4, -0.2) is 38.7 Å². The van der Waals surface area contributed by atoms with Crippen molar-refractivity contribution in [2.75, 3.05) is 7.11 Å². The molecule has 0 aliphatic carbocycles. The van der Waals surface area contributed by atoms with E-state index < -0.39 is 22.4 Å². The number of nitro groups is 1. The number of aromatic nitrogens is 2. The molecule has 2 aromatic carbocycles. The SMILES string of the molecule is COc1ccc(C(=O)NNC(=O)c2nn(-c3ccccc3)cc2O)cc1[N+](=O)[O-]. The second-order valence-electron chi connectivity index (χ2n) is 5.70. The van der Waals surface area contributed by atoms with E-state index in [0.29, 0.717) is 5.69 Å². The van der Waals surface area contributed by atoms with Gasteiger partial charge < -0.3 is 9.84 Å². The number of nitrogens with one attached hydrogen (secondary N) is 2. The Morgan fingerprint density at radius 1 is 1.14 bits per heavy atom. The number of amides is 2. The van der Waals surface area contributed by atoms with Crippen molar-refractivity contribution >= 4 is 17.5 Å². The molecule has 0 atom stereocenters. The summed E-state index contributed by atoms with van der Waals surface area (Å²) in [6.45, 7) is 0. The Balaban J connectivity index is 1.71. The minimum absolute atomic E-state index is 0.00744. The minimum atomic E-state index is -0.867. The summed E-state index contributed by atoms with van der Waals surface area (Å²) in [5.41, 5.74) is 4.06. The monoisotopic (exact) mass is 397 g/mol. The summed E-state index contributed by atoms with van der Waals surface area (Å²) in [6, 6.07) is 12.4. The van der Waals surface area contributed by atoms with Crippen molar-refractivity contribution in [1.82, 2.24) is 20.6 Å². The highest BCUT2D eigenvalue weighted by atomic mass is 16.6. The van der Waals surface area contributed by atoms with E-state index in [1.54, 1.807) is 30.3 Å². The Morgan fingerprint density at radius 3 is 2.48 bits per heavy atom. The average molecular weight is 397 g/mol. The average Bonchev–Trinajstić information content (AvgIpc) is 3.13. The number of carbonyl (C=O) groups is 2. The van der Waals surface area contributed by atoms with Crippen molar-refractivity contribution < 1.29 is 24.4 Å². The van der Waals surface area contributed by atoms with Gasteiger partial charge in [0.25, 0.3) is 11.8 Å². The molecule has 11 heteroatoms. The zero-order valence-corrected chi connectivity index (χ0v) is 15.0. The second kappa shape index (κ2) is 8.08. The first-order valence-corrected chi connectivity index (χ1v) is 8.18. The number of nitrogens with zero attached hydrogens (tertiary/aromatic N) is 3. The Labute approximate surface area is 163 Å². The number of rotatable bonds is 5. The van der Waals surface area contributed by atoms with Gasteiger partial charge in [-0.1, -0.05) is 18.2 Å². The molecule has 0 unspecified atom stereocenters. The predicted octanol–water partition coefficient (Wildman–Crippen LogP) is 1.57. The molecule has 1 heterocycles. The van der Waals surface area contributed by atoms with Crippen LogP contribution < -0.4 is 15.6 Å². The number of carbonyl (C=O) groups excluding carboxylic acids is 2. The van der Waals surface area contributed by atoms with Crippen LogP contribution in [0.25, 0.3) is 5.69 Å². The fourth-order valence-electron chi connectivity index (χ4n) is 2.46. The lowest BCUT2D eigenvalue weighted by Gasteiger charge is -2.07. The molecule has 0 saturated carbocycles. The Kier molecular flexibility index (Phi) is 5.39. The van der Waals surface area contributed by atoms with Crippen LogP contribution in [0.1, 0.15) is 20.8 Å². The maximum absolute atomic E-state index is 12.2. The van der Waals surface area contributed by atoms with E-state index in [9.17, 15) is 24.8 Å². The lowest BCUT2D eigenvalue weighted by molar-refractivity contribution is -0.385. The molecule has 3 aromatic rings. The quantitative estimate of drug-likeness (QED) is 0.437. The van der Waals surface area contributed by atoms with Gasteiger partial charge in [0.05, 0.1) is 23.9 Å². The number of ether oxygens (including phenoxy) is 1. The van der Waals surface area contributed by atoms with Crippen LogP contribution in [0, 0.1) is 10.1 Å². The summed E-state index contributed by atoms with van der Waals surface area (Å²) >= 11 is 0. The van der Waals surface area contributed by atoms with Gasteiger partial charge >= 0.3 is 5.69 Å². The standard InChI is InChI=1S/C18H15N5O6/c1-29-15-8-7-11(9-13(15)23(27)28)17(25)19-20-18(26)16-14(24)10-22(21-16)12-5-3-2-4-6-12/h2-10,24H,1H3,(H,19,25)(H,20,26). The van der Waals surface area contributed by atoms with Gasteiger partial charge in [0.15, 0.2) is 17.2 Å². The van der Waals surface area contributed by atoms with Gasteiger partial charge in [0.2, 0.25) is 0 Å². The van der Waals surface area contributed by atoms with E-state index >= 15 is 0 Å². The van der Waals surface area contributed by atoms with E-state index in [4.69, 9.17) is 4.74 Å². The van der Waals surface area contributed by atoms with Crippen LogP contribution in [0.4, 0.5) is 5.69 Å². The number of aromatic hydroxyl groups is 1. The molecule has 148 valence electrons. The molecule has 0 aliphatic heterocycles. The summed E-state index contributed by atoms with van der Waals surface area (Å²) in [5, 5.41) is 25.0. The first-order chi connectivity index (χ1) is 13.9. The molecule has 0 radical (unpaired) electrons. The lowest BCUT2D eigenvalue weighted by Crippen LogP contribution is -2.41. The van der Waals surface area contributed by atoms with Crippen LogP contribution in [0.2, 0.25) is 0 Å². The van der Waals surface area contributed by atoms with Gasteiger partial charge in [-0.2, -0.15) is 5.10 Å². The molecular weight excluding hydrogens is 382 g/mol. The Hall–Kier alpha value is -4.41. The van der Waals surface area contributed by atoms with Crippen molar-refractivity contribution in [3.05, 3.63) is 76.1 Å². The lowest BCUT2D eigenvalue weighted by atomic mass is 10.2. The second-order valence-corrected chi connectivity index (χ2v) is 5.70. The summed E-state index contributed by atoms with van der Waals surface area (Å²) < 4.78 is 6.17. The van der Waals surface area contributed by atoms with Crippen molar-refractivity contribution in [1.29, 1.82) is 0 Å². The van der Waals surface area contributed by atoms with Crippen LogP contribution in [-0.2, 0) is 0 Å². The highest BCUT2D eigenvalue weighted by Crippen LogP contribution is 2.27. The first kappa shape index (κ1) is 19.4. The number of hydrogen-bond acceptors (Lipinski definition) is 7. The zero-order chi connectivity index (χ0) is 21.0. The highest BCUT2D eigenvalue weighted by Gasteiger charge is 2.20. The van der Waals surface area contributed by atoms with E-state index in [-0.39, 0.29) is 22.8 Å². The predicted molar refractivity (Wildman–Crippen MR) is 99.8 cm³/mol. The molecule has 11 nitrogen and oxygen atoms in total. The van der Waals surface area contributed by atoms with Crippen LogP contribution in [0.5, 0.6) is 11.5 Å². The molecule has 0 aliphatic rings. The third-order valence-corrected chi connectivity index (χ3v) is 3.86. The van der Waals surface area contributed by atoms with Gasteiger partial charge in [-0.05, 0) is 24.3 Å². The highest BCUT2D eigenvalue weighted by molar-refractivity contribution is 5.99. The molecule has 3 rings (SSSR count). The van der Waals surface area contributed by atoms with E-state index in [1.165, 1.54) is 30.1 Å². The zero-order valence-electron chi connectivity index (χ0n) is 15.0. The minimum Gasteiger partial charge on any atom is -0.504 e. The maximum atomic E-state index is 12.2. The van der Waals surface area contributed by atoms with E-state index in [0.717, 1.165) is 6.07 Å². The number of para-hydroxylation sites is 1. The Bertz CT molecular complexity index is 1080. The summed E-state index contributed by atoms with van der Waals surface area (Å²) in [7, 11) is 1.27. The third kappa shape index (κ3) is 4.13. The van der Waals surface area contributed by atoms with Crippen molar-refractivity contribution in [3.8, 4) is 17.2 Å². The van der Waals surface area contributed by atoms with Gasteiger partial charge in [0.1, 0.15) is 0 Å². The summed E-state index contributed by atoms with van der Waals surface area (Å²) in [6.07, 6.45) is 1.25. The number of hydrazine groups is 1. The largest absolute Gasteiger partial charge is 0.504 e. The molecule has 29 heavy (non-hydrogen) atoms. The number of benzene rings is 2. The van der Waals surface area contributed by atoms with Crippen molar-refractivity contribution in [2.45, 2.75) is 0 Å². The first-order valence-electron chi connectivity index (χ1n) is 8.18. The van der Waals surface area contributed by atoms with E-state index in [1.807, 2.05) is 0 Å². The molecule has 2 amide bonds. The summed E-state index contributed by atoms with van der Waals surface area (Å²) in [4.78, 5) is 34.8. The molecule has 0 saturated heterocycles. The molecule has 0 fully saturated rings. The van der Waals surface area contributed by atoms with Gasteiger partial charge in [0, 0.05) is 11.6 Å². The normalized spacial score (nSPS) is 10.2. The fourth-order valence-corrected chi connectivity index (χ4v) is 2.46. The van der Waals surface area contributed by atoms with Gasteiger partial charge in [-0.25, -0.2) is 4.68 Å². The Morgan fingerprint density at radius 2 is 1.83 bits per heavy atom. The smallest absolute Gasteiger partial charge is 0.311 e.